The van der Waals surface area contributed by atoms with Gasteiger partial charge in [0.2, 0.25) is 0 Å². The highest BCUT2D eigenvalue weighted by Gasteiger charge is 2.46. The second kappa shape index (κ2) is 7.21. The first-order valence-electron chi connectivity index (χ1n) is 7.95. The van der Waals surface area contributed by atoms with E-state index in [9.17, 15) is 0 Å². The van der Waals surface area contributed by atoms with E-state index in [1.165, 1.54) is 0 Å². The van der Waals surface area contributed by atoms with Crippen molar-refractivity contribution in [2.24, 2.45) is 0 Å². The number of rotatable bonds is 6. The van der Waals surface area contributed by atoms with Gasteiger partial charge in [-0.15, -0.1) is 0 Å². The van der Waals surface area contributed by atoms with E-state index >= 15 is 0 Å². The maximum absolute atomic E-state index is 5.83. The molecule has 0 radical (unpaired) electrons. The average molecular weight is 346 g/mol. The van der Waals surface area contributed by atoms with Crippen molar-refractivity contribution < 1.29 is 28.7 Å². The van der Waals surface area contributed by atoms with E-state index in [-0.39, 0.29) is 0 Å². The molecule has 0 aliphatic carbocycles. The minimum Gasteiger partial charge on any atom is -0.493 e. The minimum atomic E-state index is -0.889. The van der Waals surface area contributed by atoms with Gasteiger partial charge in [-0.3, -0.25) is 0 Å². The molecular formula is C19H22O6. The molecule has 0 atom stereocenters. The molecule has 0 N–H and O–H groups in total. The second-order valence-corrected chi connectivity index (χ2v) is 5.56. The van der Waals surface area contributed by atoms with Crippen LogP contribution in [0.5, 0.6) is 23.0 Å². The molecule has 3 rings (SSSR count). The van der Waals surface area contributed by atoms with Gasteiger partial charge in [0.25, 0.3) is 0 Å². The molecule has 6 nitrogen and oxygen atoms in total. The van der Waals surface area contributed by atoms with E-state index in [1.54, 1.807) is 28.4 Å². The summed E-state index contributed by atoms with van der Waals surface area (Å²) in [6, 6.07) is 11.4. The quantitative estimate of drug-likeness (QED) is 0.748. The SMILES string of the molecule is COc1cccc(C2(c3cccc(OC)c3OC)CCOO2)c1OC. The number of para-hydroxylation sites is 2. The molecule has 0 spiro atoms. The van der Waals surface area contributed by atoms with E-state index in [2.05, 4.69) is 0 Å². The van der Waals surface area contributed by atoms with Gasteiger partial charge in [0.1, 0.15) is 0 Å². The zero-order valence-corrected chi connectivity index (χ0v) is 14.8. The summed E-state index contributed by atoms with van der Waals surface area (Å²) in [5.41, 5.74) is 0.719. The highest BCUT2D eigenvalue weighted by atomic mass is 17.2. The number of methoxy groups -OCH3 is 4. The third-order valence-electron chi connectivity index (χ3n) is 4.41. The lowest BCUT2D eigenvalue weighted by Crippen LogP contribution is -2.28. The average Bonchev–Trinajstić information content (AvgIpc) is 3.17. The van der Waals surface area contributed by atoms with Crippen LogP contribution >= 0.6 is 0 Å². The zero-order chi connectivity index (χ0) is 17.9. The van der Waals surface area contributed by atoms with Gasteiger partial charge in [-0.25, -0.2) is 9.78 Å². The normalized spacial score (nSPS) is 15.7. The minimum absolute atomic E-state index is 0.445. The van der Waals surface area contributed by atoms with Crippen LogP contribution in [0.2, 0.25) is 0 Å². The summed E-state index contributed by atoms with van der Waals surface area (Å²) in [6.07, 6.45) is 0.597. The van der Waals surface area contributed by atoms with Crippen LogP contribution in [0.15, 0.2) is 36.4 Å². The van der Waals surface area contributed by atoms with Crippen LogP contribution in [0.1, 0.15) is 17.5 Å². The summed E-state index contributed by atoms with van der Waals surface area (Å²) in [4.78, 5) is 11.1. The largest absolute Gasteiger partial charge is 0.493 e. The van der Waals surface area contributed by atoms with Crippen molar-refractivity contribution in [2.45, 2.75) is 12.0 Å². The van der Waals surface area contributed by atoms with Crippen LogP contribution in [0.25, 0.3) is 0 Å². The molecule has 1 aliphatic rings. The standard InChI is InChI=1S/C19H22O6/c1-20-15-9-5-7-13(17(15)22-3)19(11-12-24-25-19)14-8-6-10-16(21-2)18(14)23-4/h5-10H,11-12H2,1-4H3. The molecule has 1 heterocycles. The lowest BCUT2D eigenvalue weighted by atomic mass is 9.82. The molecule has 25 heavy (non-hydrogen) atoms. The zero-order valence-electron chi connectivity index (χ0n) is 14.8. The third-order valence-corrected chi connectivity index (χ3v) is 4.41. The third kappa shape index (κ3) is 2.77. The first kappa shape index (κ1) is 17.4. The lowest BCUT2D eigenvalue weighted by molar-refractivity contribution is -0.302. The number of hydrogen-bond acceptors (Lipinski definition) is 6. The smallest absolute Gasteiger partial charge is 0.167 e. The van der Waals surface area contributed by atoms with Gasteiger partial charge in [-0.1, -0.05) is 24.3 Å². The molecule has 134 valence electrons. The maximum atomic E-state index is 5.83. The van der Waals surface area contributed by atoms with Crippen molar-refractivity contribution in [1.29, 1.82) is 0 Å². The van der Waals surface area contributed by atoms with Crippen LogP contribution in [0.3, 0.4) is 0 Å². The van der Waals surface area contributed by atoms with Gasteiger partial charge in [0, 0.05) is 17.5 Å². The molecular weight excluding hydrogens is 324 g/mol. The van der Waals surface area contributed by atoms with Crippen LogP contribution in [0, 0.1) is 0 Å². The van der Waals surface area contributed by atoms with Crippen LogP contribution in [-0.4, -0.2) is 35.0 Å². The second-order valence-electron chi connectivity index (χ2n) is 5.56. The number of benzene rings is 2. The summed E-state index contributed by atoms with van der Waals surface area (Å²) in [5, 5.41) is 0. The fourth-order valence-electron chi connectivity index (χ4n) is 3.28. The molecule has 0 aromatic heterocycles. The Morgan fingerprint density at radius 3 is 1.64 bits per heavy atom. The lowest BCUT2D eigenvalue weighted by Gasteiger charge is -2.30. The fourth-order valence-corrected chi connectivity index (χ4v) is 3.28. The first-order chi connectivity index (χ1) is 12.2. The van der Waals surface area contributed by atoms with Crippen molar-refractivity contribution in [3.05, 3.63) is 47.5 Å². The van der Waals surface area contributed by atoms with E-state index in [0.717, 1.165) is 11.1 Å². The van der Waals surface area contributed by atoms with Crippen LogP contribution in [-0.2, 0) is 15.4 Å². The Morgan fingerprint density at radius 2 is 1.28 bits per heavy atom. The van der Waals surface area contributed by atoms with Crippen LogP contribution < -0.4 is 18.9 Å². The van der Waals surface area contributed by atoms with Gasteiger partial charge >= 0.3 is 0 Å². The molecule has 1 fully saturated rings. The summed E-state index contributed by atoms with van der Waals surface area (Å²) in [5.74, 6) is 2.44. The topological polar surface area (TPSA) is 55.4 Å². The molecule has 6 heteroatoms. The number of hydrogen-bond donors (Lipinski definition) is 0. The Labute approximate surface area is 147 Å². The highest BCUT2D eigenvalue weighted by molar-refractivity contribution is 5.58. The summed E-state index contributed by atoms with van der Waals surface area (Å²) in [7, 11) is 6.42. The van der Waals surface area contributed by atoms with Gasteiger partial charge in [0.15, 0.2) is 28.6 Å². The Hall–Kier alpha value is -2.44. The van der Waals surface area contributed by atoms with Crippen molar-refractivity contribution >= 4 is 0 Å². The summed E-state index contributed by atoms with van der Waals surface area (Å²) in [6.45, 7) is 0.445. The van der Waals surface area contributed by atoms with Crippen molar-refractivity contribution in [2.75, 3.05) is 35.0 Å². The monoisotopic (exact) mass is 346 g/mol. The molecule has 2 aromatic carbocycles. The molecule has 2 aromatic rings. The maximum Gasteiger partial charge on any atom is 0.167 e. The van der Waals surface area contributed by atoms with E-state index in [1.807, 2.05) is 36.4 Å². The number of ether oxygens (including phenoxy) is 4. The summed E-state index contributed by atoms with van der Waals surface area (Å²) >= 11 is 0. The highest BCUT2D eigenvalue weighted by Crippen LogP contribution is 2.51. The molecule has 0 unspecified atom stereocenters. The van der Waals surface area contributed by atoms with Gasteiger partial charge in [-0.05, 0) is 12.1 Å². The van der Waals surface area contributed by atoms with Gasteiger partial charge in [-0.2, -0.15) is 0 Å². The summed E-state index contributed by atoms with van der Waals surface area (Å²) < 4.78 is 22.1. The fraction of sp³-hybridized carbons (Fsp3) is 0.368. The van der Waals surface area contributed by atoms with E-state index < -0.39 is 5.60 Å². The van der Waals surface area contributed by atoms with Gasteiger partial charge in [0.05, 0.1) is 35.0 Å². The molecule has 1 saturated heterocycles. The Kier molecular flexibility index (Phi) is 5.01. The van der Waals surface area contributed by atoms with Gasteiger partial charge < -0.3 is 18.9 Å². The van der Waals surface area contributed by atoms with Crippen molar-refractivity contribution in [3.63, 3.8) is 0 Å². The van der Waals surface area contributed by atoms with Crippen molar-refractivity contribution in [1.82, 2.24) is 0 Å². The van der Waals surface area contributed by atoms with E-state index in [0.29, 0.717) is 36.0 Å². The molecule has 0 amide bonds. The molecule has 0 bridgehead atoms. The Balaban J connectivity index is 2.27. The molecule has 0 saturated carbocycles. The predicted molar refractivity (Wildman–Crippen MR) is 91.5 cm³/mol. The van der Waals surface area contributed by atoms with E-state index in [4.69, 9.17) is 28.7 Å². The van der Waals surface area contributed by atoms with Crippen molar-refractivity contribution in [3.8, 4) is 23.0 Å². The molecule has 1 aliphatic heterocycles. The van der Waals surface area contributed by atoms with Crippen LogP contribution in [0.4, 0.5) is 0 Å². The predicted octanol–water partition coefficient (Wildman–Crippen LogP) is 3.32. The Bertz CT molecular complexity index is 679. The Morgan fingerprint density at radius 1 is 0.760 bits per heavy atom. The first-order valence-corrected chi connectivity index (χ1v) is 7.95.